The molecule has 1 aromatic heterocycles. The molecule has 1 saturated carbocycles. The molecule has 2 aromatic rings. The van der Waals surface area contributed by atoms with Crippen LogP contribution < -0.4 is 15.6 Å². The smallest absolute Gasteiger partial charge is 0.341 e. The minimum absolute atomic E-state index is 0.0534. The number of hydrogen-bond acceptors (Lipinski definition) is 5. The molecule has 1 atom stereocenters. The van der Waals surface area contributed by atoms with Gasteiger partial charge in [-0.2, -0.15) is 0 Å². The van der Waals surface area contributed by atoms with E-state index in [0.29, 0.717) is 25.2 Å². The highest BCUT2D eigenvalue weighted by atomic mass is 19.1. The Kier molecular flexibility index (Phi) is 3.73. The van der Waals surface area contributed by atoms with Gasteiger partial charge in [0.05, 0.1) is 11.2 Å². The number of rotatable bonds is 3. The van der Waals surface area contributed by atoms with Crippen LogP contribution in [0.3, 0.4) is 0 Å². The number of fused-ring (bicyclic) bond motifs is 1. The molecule has 8 heteroatoms. The SMILES string of the molecule is O=C(O)c1cn(C2CC2)c2cc(N3CCNCC3O)c(F)cc2c1=O. The number of pyridine rings is 1. The van der Waals surface area contributed by atoms with Gasteiger partial charge >= 0.3 is 5.97 Å². The van der Waals surface area contributed by atoms with Crippen LogP contribution in [0.25, 0.3) is 10.9 Å². The minimum Gasteiger partial charge on any atom is -0.477 e. The second-order valence-electron chi connectivity index (χ2n) is 6.51. The van der Waals surface area contributed by atoms with Gasteiger partial charge in [0.15, 0.2) is 0 Å². The number of nitrogens with zero attached hydrogens (tertiary/aromatic N) is 2. The molecular weight excluding hydrogens is 329 g/mol. The fourth-order valence-electron chi connectivity index (χ4n) is 3.36. The third-order valence-electron chi connectivity index (χ3n) is 4.80. The molecule has 1 aliphatic carbocycles. The van der Waals surface area contributed by atoms with Gasteiger partial charge < -0.3 is 25.0 Å². The van der Waals surface area contributed by atoms with E-state index in [4.69, 9.17) is 0 Å². The van der Waals surface area contributed by atoms with E-state index in [0.717, 1.165) is 18.9 Å². The highest BCUT2D eigenvalue weighted by Crippen LogP contribution is 2.38. The highest BCUT2D eigenvalue weighted by Gasteiger charge is 2.29. The van der Waals surface area contributed by atoms with Crippen LogP contribution in [-0.4, -0.2) is 46.6 Å². The normalized spacial score (nSPS) is 20.9. The van der Waals surface area contributed by atoms with Crippen LogP contribution in [0.1, 0.15) is 29.2 Å². The first-order valence-electron chi connectivity index (χ1n) is 8.24. The summed E-state index contributed by atoms with van der Waals surface area (Å²) < 4.78 is 16.4. The van der Waals surface area contributed by atoms with Crippen LogP contribution >= 0.6 is 0 Å². The lowest BCUT2D eigenvalue weighted by Crippen LogP contribution is -2.51. The van der Waals surface area contributed by atoms with E-state index in [1.807, 2.05) is 0 Å². The van der Waals surface area contributed by atoms with Crippen molar-refractivity contribution in [1.29, 1.82) is 0 Å². The summed E-state index contributed by atoms with van der Waals surface area (Å²) in [5, 5.41) is 22.5. The van der Waals surface area contributed by atoms with Crippen molar-refractivity contribution in [1.82, 2.24) is 9.88 Å². The fourth-order valence-corrected chi connectivity index (χ4v) is 3.36. The molecule has 1 aliphatic heterocycles. The van der Waals surface area contributed by atoms with Crippen LogP contribution in [-0.2, 0) is 0 Å². The van der Waals surface area contributed by atoms with Gasteiger partial charge in [0.2, 0.25) is 5.43 Å². The zero-order valence-corrected chi connectivity index (χ0v) is 13.4. The van der Waals surface area contributed by atoms with Crippen LogP contribution in [0, 0.1) is 5.82 Å². The van der Waals surface area contributed by atoms with Crippen molar-refractivity contribution in [3.8, 4) is 0 Å². The summed E-state index contributed by atoms with van der Waals surface area (Å²) in [5.74, 6) is -1.96. The molecule has 0 spiro atoms. The van der Waals surface area contributed by atoms with E-state index < -0.39 is 23.4 Å². The average molecular weight is 347 g/mol. The van der Waals surface area contributed by atoms with E-state index in [1.54, 1.807) is 15.5 Å². The lowest BCUT2D eigenvalue weighted by molar-refractivity contribution is 0.0695. The number of benzene rings is 1. The third kappa shape index (κ3) is 2.67. The Morgan fingerprint density at radius 2 is 2.08 bits per heavy atom. The molecule has 0 radical (unpaired) electrons. The van der Waals surface area contributed by atoms with Crippen LogP contribution in [0.4, 0.5) is 10.1 Å². The Bertz CT molecular complexity index is 922. The van der Waals surface area contributed by atoms with E-state index in [2.05, 4.69) is 5.32 Å². The number of aliphatic hydroxyl groups excluding tert-OH is 1. The van der Waals surface area contributed by atoms with Crippen LogP contribution in [0.5, 0.6) is 0 Å². The summed E-state index contributed by atoms with van der Waals surface area (Å²) in [7, 11) is 0. The van der Waals surface area contributed by atoms with Crippen molar-refractivity contribution >= 4 is 22.6 Å². The first-order valence-corrected chi connectivity index (χ1v) is 8.24. The van der Waals surface area contributed by atoms with Gasteiger partial charge in [0.25, 0.3) is 0 Å². The monoisotopic (exact) mass is 347 g/mol. The van der Waals surface area contributed by atoms with Crippen molar-refractivity contribution in [3.05, 3.63) is 39.9 Å². The number of carboxylic acids is 1. The number of aromatic carboxylic acids is 1. The Hall–Kier alpha value is -2.45. The number of nitrogens with one attached hydrogen (secondary N) is 1. The largest absolute Gasteiger partial charge is 0.477 e. The number of hydrogen-bond donors (Lipinski definition) is 3. The molecule has 0 amide bonds. The van der Waals surface area contributed by atoms with Gasteiger partial charge in [-0.15, -0.1) is 0 Å². The van der Waals surface area contributed by atoms with Crippen LogP contribution in [0.15, 0.2) is 23.1 Å². The molecule has 0 bridgehead atoms. The molecule has 2 heterocycles. The van der Waals surface area contributed by atoms with E-state index in [9.17, 15) is 24.2 Å². The molecule has 4 rings (SSSR count). The van der Waals surface area contributed by atoms with Crippen LogP contribution in [0.2, 0.25) is 0 Å². The molecule has 2 fully saturated rings. The average Bonchev–Trinajstić information content (AvgIpc) is 3.40. The predicted molar refractivity (Wildman–Crippen MR) is 89.6 cm³/mol. The third-order valence-corrected chi connectivity index (χ3v) is 4.80. The maximum absolute atomic E-state index is 14.7. The van der Waals surface area contributed by atoms with Gasteiger partial charge in [-0.3, -0.25) is 4.79 Å². The quantitative estimate of drug-likeness (QED) is 0.764. The predicted octanol–water partition coefficient (Wildman–Crippen LogP) is 0.902. The number of aliphatic hydroxyl groups is 1. The van der Waals surface area contributed by atoms with Crippen molar-refractivity contribution in [2.45, 2.75) is 25.1 Å². The summed E-state index contributed by atoms with van der Waals surface area (Å²) in [5.41, 5.74) is -0.322. The summed E-state index contributed by atoms with van der Waals surface area (Å²) in [6.45, 7) is 1.37. The van der Waals surface area contributed by atoms with Gasteiger partial charge in [-0.05, 0) is 25.0 Å². The Morgan fingerprint density at radius 3 is 2.72 bits per heavy atom. The molecule has 1 unspecified atom stereocenters. The number of carbonyl (C=O) groups is 1. The molecular formula is C17H18FN3O4. The van der Waals surface area contributed by atoms with Crippen molar-refractivity contribution in [3.63, 3.8) is 0 Å². The van der Waals surface area contributed by atoms with E-state index >= 15 is 0 Å². The molecule has 1 aromatic carbocycles. The van der Waals surface area contributed by atoms with Gasteiger partial charge in [0.1, 0.15) is 17.6 Å². The first-order chi connectivity index (χ1) is 12.0. The molecule has 7 nitrogen and oxygen atoms in total. The van der Waals surface area contributed by atoms with E-state index in [-0.39, 0.29) is 22.7 Å². The summed E-state index contributed by atoms with van der Waals surface area (Å²) >= 11 is 0. The second kappa shape index (κ2) is 5.82. The maximum Gasteiger partial charge on any atom is 0.341 e. The molecule has 3 N–H and O–H groups in total. The molecule has 25 heavy (non-hydrogen) atoms. The van der Waals surface area contributed by atoms with Crippen molar-refractivity contribution < 1.29 is 19.4 Å². The van der Waals surface area contributed by atoms with E-state index in [1.165, 1.54) is 6.20 Å². The number of carboxylic acid groups (broad SMARTS) is 1. The van der Waals surface area contributed by atoms with Gasteiger partial charge in [-0.25, -0.2) is 9.18 Å². The zero-order valence-electron chi connectivity index (χ0n) is 13.4. The number of piperazine rings is 1. The first kappa shape index (κ1) is 16.0. The maximum atomic E-state index is 14.7. The number of aromatic nitrogens is 1. The lowest BCUT2D eigenvalue weighted by atomic mass is 10.1. The zero-order chi connectivity index (χ0) is 17.7. The standard InChI is InChI=1S/C17H18FN3O4/c18-12-5-10-13(6-14(12)20-4-3-19-7-15(20)22)21(9-1-2-9)8-11(16(10)23)17(24)25/h5-6,8-9,15,19,22H,1-4,7H2,(H,24,25). The Labute approximate surface area is 142 Å². The molecule has 1 saturated heterocycles. The van der Waals surface area contributed by atoms with Gasteiger partial charge in [0, 0.05) is 37.3 Å². The number of halogens is 1. The van der Waals surface area contributed by atoms with Gasteiger partial charge in [-0.1, -0.05) is 0 Å². The summed E-state index contributed by atoms with van der Waals surface area (Å²) in [4.78, 5) is 25.3. The van der Waals surface area contributed by atoms with Crippen molar-refractivity contribution in [2.75, 3.05) is 24.5 Å². The Balaban J connectivity index is 1.95. The Morgan fingerprint density at radius 1 is 1.32 bits per heavy atom. The number of β-amino-alcohol motifs (C(OH)–C–C–N with tert-alkyl or cyclic N) is 1. The second-order valence-corrected chi connectivity index (χ2v) is 6.51. The minimum atomic E-state index is -1.32. The molecule has 2 aliphatic rings. The lowest BCUT2D eigenvalue weighted by Gasteiger charge is -2.34. The molecule has 132 valence electrons. The highest BCUT2D eigenvalue weighted by molar-refractivity contribution is 5.93. The summed E-state index contributed by atoms with van der Waals surface area (Å²) in [6.07, 6.45) is 2.26. The summed E-state index contributed by atoms with van der Waals surface area (Å²) in [6, 6.07) is 2.75. The topological polar surface area (TPSA) is 94.8 Å². The fraction of sp³-hybridized carbons (Fsp3) is 0.412. The number of anilines is 1. The van der Waals surface area contributed by atoms with Crippen molar-refractivity contribution in [2.24, 2.45) is 0 Å².